The van der Waals surface area contributed by atoms with E-state index in [1.807, 2.05) is 34.6 Å². The average Bonchev–Trinajstić information content (AvgIpc) is 1.80. The zero-order valence-corrected chi connectivity index (χ0v) is 9.05. The third-order valence-corrected chi connectivity index (χ3v) is 1.20. The number of allylic oxidation sites excluding steroid dienone is 1. The summed E-state index contributed by atoms with van der Waals surface area (Å²) in [5.41, 5.74) is 0.834. The number of carbonyl (C=O) groups excluding carboxylic acids is 1. The average molecular weight is 185 g/mol. The van der Waals surface area contributed by atoms with E-state index in [1.54, 1.807) is 0 Å². The molecule has 0 aliphatic heterocycles. The van der Waals surface area contributed by atoms with Crippen LogP contribution in [0.2, 0.25) is 0 Å². The summed E-state index contributed by atoms with van der Waals surface area (Å²) >= 11 is 0. The third-order valence-electron chi connectivity index (χ3n) is 1.20. The molecule has 3 nitrogen and oxygen atoms in total. The maximum absolute atomic E-state index is 11.1. The van der Waals surface area contributed by atoms with Crippen molar-refractivity contribution < 1.29 is 9.53 Å². The van der Waals surface area contributed by atoms with Crippen LogP contribution in [0.4, 0.5) is 0 Å². The molecule has 0 spiro atoms. The fourth-order valence-electron chi connectivity index (χ4n) is 0.940. The second-order valence-electron chi connectivity index (χ2n) is 3.61. The highest BCUT2D eigenvalue weighted by Gasteiger charge is 2.02. The Kier molecular flexibility index (Phi) is 5.19. The topological polar surface area (TPSA) is 38.3 Å². The van der Waals surface area contributed by atoms with Gasteiger partial charge in [0.05, 0.1) is 6.10 Å². The third kappa shape index (κ3) is 7.37. The van der Waals surface area contributed by atoms with Gasteiger partial charge in [-0.1, -0.05) is 0 Å². The van der Waals surface area contributed by atoms with Gasteiger partial charge < -0.3 is 10.1 Å². The molecule has 0 fully saturated rings. The summed E-state index contributed by atoms with van der Waals surface area (Å²) in [7, 11) is 0. The molecule has 0 amide bonds. The van der Waals surface area contributed by atoms with Crippen molar-refractivity contribution in [1.82, 2.24) is 5.32 Å². The molecule has 76 valence electrons. The molecule has 0 saturated carbocycles. The quantitative estimate of drug-likeness (QED) is 0.536. The first-order chi connectivity index (χ1) is 5.91. The predicted octanol–water partition coefficient (Wildman–Crippen LogP) is 1.84. The zero-order valence-electron chi connectivity index (χ0n) is 9.05. The first-order valence-corrected chi connectivity index (χ1v) is 4.57. The minimum absolute atomic E-state index is 0.0596. The lowest BCUT2D eigenvalue weighted by Gasteiger charge is -2.10. The van der Waals surface area contributed by atoms with Gasteiger partial charge in [0, 0.05) is 17.8 Å². The molecule has 0 aromatic rings. The van der Waals surface area contributed by atoms with Crippen LogP contribution in [-0.4, -0.2) is 18.1 Å². The summed E-state index contributed by atoms with van der Waals surface area (Å²) in [6, 6.07) is 0.336. The fourth-order valence-corrected chi connectivity index (χ4v) is 0.940. The summed E-state index contributed by atoms with van der Waals surface area (Å²) in [6.07, 6.45) is 1.41. The molecule has 0 saturated heterocycles. The van der Waals surface area contributed by atoms with Crippen molar-refractivity contribution in [1.29, 1.82) is 0 Å². The minimum atomic E-state index is -0.291. The second kappa shape index (κ2) is 5.62. The summed E-state index contributed by atoms with van der Waals surface area (Å²) in [5.74, 6) is -0.291. The Morgan fingerprint density at radius 2 is 1.85 bits per heavy atom. The normalized spacial score (nSPS) is 12.1. The number of hydrogen-bond acceptors (Lipinski definition) is 3. The van der Waals surface area contributed by atoms with Gasteiger partial charge in [0.15, 0.2) is 0 Å². The van der Waals surface area contributed by atoms with Crippen LogP contribution in [0.3, 0.4) is 0 Å². The summed E-state index contributed by atoms with van der Waals surface area (Å²) < 4.78 is 4.95. The van der Waals surface area contributed by atoms with Gasteiger partial charge in [-0.2, -0.15) is 0 Å². The zero-order chi connectivity index (χ0) is 10.4. The van der Waals surface area contributed by atoms with Crippen molar-refractivity contribution in [2.24, 2.45) is 0 Å². The van der Waals surface area contributed by atoms with E-state index in [0.717, 1.165) is 5.70 Å². The summed E-state index contributed by atoms with van der Waals surface area (Å²) in [6.45, 7) is 9.55. The Balaban J connectivity index is 3.99. The van der Waals surface area contributed by atoms with Crippen molar-refractivity contribution in [3.63, 3.8) is 0 Å². The number of esters is 1. The Bertz CT molecular complexity index is 195. The van der Waals surface area contributed by atoms with Crippen LogP contribution < -0.4 is 5.32 Å². The molecule has 0 heterocycles. The van der Waals surface area contributed by atoms with Crippen LogP contribution >= 0.6 is 0 Å². The SMILES string of the molecule is C/C(=C/C(=O)OC(C)C)NC(C)C. The van der Waals surface area contributed by atoms with E-state index in [0.29, 0.717) is 6.04 Å². The molecular weight excluding hydrogens is 166 g/mol. The minimum Gasteiger partial charge on any atom is -0.460 e. The molecular formula is C10H19NO2. The van der Waals surface area contributed by atoms with Gasteiger partial charge in [0.25, 0.3) is 0 Å². The first kappa shape index (κ1) is 12.0. The van der Waals surface area contributed by atoms with Gasteiger partial charge >= 0.3 is 5.97 Å². The van der Waals surface area contributed by atoms with Crippen molar-refractivity contribution in [3.05, 3.63) is 11.8 Å². The van der Waals surface area contributed by atoms with E-state index >= 15 is 0 Å². The monoisotopic (exact) mass is 185 g/mol. The Hall–Kier alpha value is -0.990. The molecule has 0 bridgehead atoms. The van der Waals surface area contributed by atoms with Crippen LogP contribution in [0, 0.1) is 0 Å². The van der Waals surface area contributed by atoms with Crippen LogP contribution in [0.25, 0.3) is 0 Å². The van der Waals surface area contributed by atoms with E-state index in [9.17, 15) is 4.79 Å². The Morgan fingerprint density at radius 3 is 2.23 bits per heavy atom. The molecule has 0 unspecified atom stereocenters. The van der Waals surface area contributed by atoms with Crippen LogP contribution in [0.5, 0.6) is 0 Å². The van der Waals surface area contributed by atoms with E-state index in [2.05, 4.69) is 5.32 Å². The molecule has 0 aliphatic carbocycles. The van der Waals surface area contributed by atoms with Crippen LogP contribution in [0.15, 0.2) is 11.8 Å². The van der Waals surface area contributed by atoms with Crippen LogP contribution in [-0.2, 0) is 9.53 Å². The standard InChI is InChI=1S/C10H19NO2/c1-7(2)11-9(5)6-10(12)13-8(3)4/h6-8,11H,1-5H3/b9-6-. The maximum atomic E-state index is 11.1. The molecule has 13 heavy (non-hydrogen) atoms. The molecule has 0 aliphatic rings. The highest BCUT2D eigenvalue weighted by Crippen LogP contribution is 1.95. The number of rotatable bonds is 4. The summed E-state index contributed by atoms with van der Waals surface area (Å²) in [4.78, 5) is 11.1. The van der Waals surface area contributed by atoms with Crippen LogP contribution in [0.1, 0.15) is 34.6 Å². The lowest BCUT2D eigenvalue weighted by molar-refractivity contribution is -0.141. The van der Waals surface area contributed by atoms with E-state index in [-0.39, 0.29) is 12.1 Å². The van der Waals surface area contributed by atoms with Crippen molar-refractivity contribution in [2.45, 2.75) is 46.8 Å². The van der Waals surface area contributed by atoms with E-state index < -0.39 is 0 Å². The number of ether oxygens (including phenoxy) is 1. The van der Waals surface area contributed by atoms with Gasteiger partial charge in [-0.3, -0.25) is 0 Å². The van der Waals surface area contributed by atoms with Gasteiger partial charge in [0.1, 0.15) is 0 Å². The largest absolute Gasteiger partial charge is 0.460 e. The van der Waals surface area contributed by atoms with Crippen molar-refractivity contribution in [3.8, 4) is 0 Å². The highest BCUT2D eigenvalue weighted by atomic mass is 16.5. The molecule has 0 atom stereocenters. The Morgan fingerprint density at radius 1 is 1.31 bits per heavy atom. The van der Waals surface area contributed by atoms with Gasteiger partial charge in [-0.15, -0.1) is 0 Å². The molecule has 0 rings (SSSR count). The fraction of sp³-hybridized carbons (Fsp3) is 0.700. The van der Waals surface area contributed by atoms with Crippen molar-refractivity contribution in [2.75, 3.05) is 0 Å². The Labute approximate surface area is 80.2 Å². The second-order valence-corrected chi connectivity index (χ2v) is 3.61. The van der Waals surface area contributed by atoms with Gasteiger partial charge in [0.2, 0.25) is 0 Å². The first-order valence-electron chi connectivity index (χ1n) is 4.57. The van der Waals surface area contributed by atoms with Crippen molar-refractivity contribution >= 4 is 5.97 Å². The summed E-state index contributed by atoms with van der Waals surface area (Å²) in [5, 5.41) is 3.11. The highest BCUT2D eigenvalue weighted by molar-refractivity contribution is 5.82. The van der Waals surface area contributed by atoms with E-state index in [4.69, 9.17) is 4.74 Å². The lowest BCUT2D eigenvalue weighted by Crippen LogP contribution is -2.21. The number of nitrogens with one attached hydrogen (secondary N) is 1. The molecule has 3 heteroatoms. The predicted molar refractivity (Wildman–Crippen MR) is 53.3 cm³/mol. The molecule has 0 radical (unpaired) electrons. The van der Waals surface area contributed by atoms with E-state index in [1.165, 1.54) is 6.08 Å². The maximum Gasteiger partial charge on any atom is 0.332 e. The molecule has 0 aromatic carbocycles. The van der Waals surface area contributed by atoms with Gasteiger partial charge in [-0.25, -0.2) is 4.79 Å². The molecule has 0 aromatic heterocycles. The number of hydrogen-bond donors (Lipinski definition) is 1. The smallest absolute Gasteiger partial charge is 0.332 e. The van der Waals surface area contributed by atoms with Gasteiger partial charge in [-0.05, 0) is 34.6 Å². The lowest BCUT2D eigenvalue weighted by atomic mass is 10.3. The number of carbonyl (C=O) groups is 1. The molecule has 1 N–H and O–H groups in total.